The summed E-state index contributed by atoms with van der Waals surface area (Å²) < 4.78 is 11.0. The van der Waals surface area contributed by atoms with Gasteiger partial charge in [-0.1, -0.05) is 36.4 Å². The fourth-order valence-electron chi connectivity index (χ4n) is 3.09. The summed E-state index contributed by atoms with van der Waals surface area (Å²) >= 11 is 4.30. The van der Waals surface area contributed by atoms with E-state index in [1.54, 1.807) is 12.1 Å². The number of nitrogens with zero attached hydrogens (tertiary/aromatic N) is 1. The topological polar surface area (TPSA) is 84.6 Å². The highest BCUT2D eigenvalue weighted by Gasteiger charge is 2.19. The molecule has 1 aromatic heterocycles. The van der Waals surface area contributed by atoms with E-state index in [4.69, 9.17) is 9.15 Å². The van der Waals surface area contributed by atoms with Gasteiger partial charge in [-0.3, -0.25) is 10.1 Å². The van der Waals surface area contributed by atoms with Crippen molar-refractivity contribution in [2.24, 2.45) is 0 Å². The molecule has 0 radical (unpaired) electrons. The van der Waals surface area contributed by atoms with Gasteiger partial charge in [0, 0.05) is 27.7 Å². The first-order valence-corrected chi connectivity index (χ1v) is 9.99. The highest BCUT2D eigenvalue weighted by molar-refractivity contribution is 7.80. The zero-order valence-corrected chi connectivity index (χ0v) is 17.6. The van der Waals surface area contributed by atoms with E-state index >= 15 is 0 Å². The van der Waals surface area contributed by atoms with Crippen molar-refractivity contribution in [2.45, 2.75) is 11.3 Å². The van der Waals surface area contributed by atoms with E-state index in [1.807, 2.05) is 54.6 Å². The molecule has 0 saturated heterocycles. The normalized spacial score (nSPS) is 10.6. The highest BCUT2D eigenvalue weighted by Crippen LogP contribution is 2.33. The van der Waals surface area contributed by atoms with Crippen LogP contribution in [0.1, 0.15) is 5.56 Å². The average Bonchev–Trinajstić information content (AvgIpc) is 3.19. The highest BCUT2D eigenvalue weighted by atomic mass is 32.1. The Labute approximate surface area is 184 Å². The Morgan fingerprint density at radius 2 is 1.81 bits per heavy atom. The van der Waals surface area contributed by atoms with Gasteiger partial charge >= 0.3 is 0 Å². The molecule has 0 saturated carbocycles. The first kappa shape index (κ1) is 20.6. The Morgan fingerprint density at radius 1 is 1.06 bits per heavy atom. The summed E-state index contributed by atoms with van der Waals surface area (Å²) in [5, 5.41) is 12.9. The van der Waals surface area contributed by atoms with Crippen molar-refractivity contribution in [1.82, 2.24) is 4.98 Å². The van der Waals surface area contributed by atoms with Crippen LogP contribution >= 0.6 is 12.6 Å². The van der Waals surface area contributed by atoms with Crippen LogP contribution in [0.3, 0.4) is 0 Å². The summed E-state index contributed by atoms with van der Waals surface area (Å²) in [5.41, 5.74) is 2.58. The second-order valence-corrected chi connectivity index (χ2v) is 7.35. The predicted molar refractivity (Wildman–Crippen MR) is 122 cm³/mol. The first-order valence-electron chi connectivity index (χ1n) is 9.55. The number of oxazole rings is 1. The molecule has 4 rings (SSSR count). The van der Waals surface area contributed by atoms with E-state index < -0.39 is 0 Å². The van der Waals surface area contributed by atoms with Crippen molar-refractivity contribution in [1.29, 1.82) is 0 Å². The van der Waals surface area contributed by atoms with Crippen LogP contribution in [0, 0.1) is 0 Å². The number of carbonyl (C=O) groups excluding carboxylic acids is 1. The molecular formula is C24H20N2O4S. The number of anilines is 1. The molecule has 2 N–H and O–H groups in total. The number of aromatic hydroxyl groups is 1. The minimum absolute atomic E-state index is 0.0112. The average molecular weight is 433 g/mol. The fourth-order valence-corrected chi connectivity index (χ4v) is 3.24. The molecule has 3 aromatic carbocycles. The van der Waals surface area contributed by atoms with Gasteiger partial charge < -0.3 is 14.3 Å². The number of aromatic nitrogens is 1. The molecule has 6 nitrogen and oxygen atoms in total. The van der Waals surface area contributed by atoms with Crippen LogP contribution in [0.2, 0.25) is 0 Å². The van der Waals surface area contributed by atoms with Crippen molar-refractivity contribution < 1.29 is 19.1 Å². The van der Waals surface area contributed by atoms with Gasteiger partial charge in [-0.25, -0.2) is 4.98 Å². The van der Waals surface area contributed by atoms with Gasteiger partial charge in [0.25, 0.3) is 0 Å². The smallest absolute Gasteiger partial charge is 0.231 e. The van der Waals surface area contributed by atoms with Gasteiger partial charge in [-0.05, 0) is 30.3 Å². The van der Waals surface area contributed by atoms with Crippen molar-refractivity contribution in [2.75, 3.05) is 12.4 Å². The number of hydrogen-bond donors (Lipinski definition) is 3. The van der Waals surface area contributed by atoms with Gasteiger partial charge in [0.15, 0.2) is 0 Å². The van der Waals surface area contributed by atoms with E-state index in [0.717, 1.165) is 16.0 Å². The fraction of sp³-hybridized carbons (Fsp3) is 0.0833. The Kier molecular flexibility index (Phi) is 5.95. The molecule has 7 heteroatoms. The van der Waals surface area contributed by atoms with Crippen molar-refractivity contribution in [3.8, 4) is 34.2 Å². The maximum Gasteiger partial charge on any atom is 0.231 e. The molecule has 0 aliphatic heterocycles. The number of amides is 1. The minimum atomic E-state index is -0.342. The molecular weight excluding hydrogens is 412 g/mol. The molecule has 0 aliphatic rings. The summed E-state index contributed by atoms with van der Waals surface area (Å²) in [7, 11) is 1.51. The summed E-state index contributed by atoms with van der Waals surface area (Å²) in [6.45, 7) is 0. The number of carbonyl (C=O) groups is 1. The number of benzene rings is 3. The SMILES string of the molecule is COc1ccc(CC(=O)Nc2oc(-c3ccc(S)cc3)nc2-c2ccccc2)c(O)c1. The van der Waals surface area contributed by atoms with Gasteiger partial charge in [-0.2, -0.15) is 0 Å². The third kappa shape index (κ3) is 4.73. The van der Waals surface area contributed by atoms with Gasteiger partial charge in [0.05, 0.1) is 13.5 Å². The zero-order valence-electron chi connectivity index (χ0n) is 16.7. The molecule has 31 heavy (non-hydrogen) atoms. The Bertz CT molecular complexity index is 1200. The lowest BCUT2D eigenvalue weighted by atomic mass is 10.1. The molecule has 0 unspecified atom stereocenters. The molecule has 4 aromatic rings. The summed E-state index contributed by atoms with van der Waals surface area (Å²) in [4.78, 5) is 18.1. The molecule has 1 heterocycles. The third-order valence-corrected chi connectivity index (χ3v) is 4.98. The number of rotatable bonds is 6. The summed E-state index contributed by atoms with van der Waals surface area (Å²) in [5.74, 6) is 0.790. The Balaban J connectivity index is 1.63. The second-order valence-electron chi connectivity index (χ2n) is 6.83. The van der Waals surface area contributed by atoms with Crippen LogP contribution in [0.4, 0.5) is 5.88 Å². The number of nitrogens with one attached hydrogen (secondary N) is 1. The van der Waals surface area contributed by atoms with Crippen LogP contribution in [0.15, 0.2) is 82.1 Å². The lowest BCUT2D eigenvalue weighted by Crippen LogP contribution is -2.14. The van der Waals surface area contributed by atoms with Crippen LogP contribution in [-0.2, 0) is 11.2 Å². The Hall–Kier alpha value is -3.71. The monoisotopic (exact) mass is 432 g/mol. The number of thiol groups is 1. The second kappa shape index (κ2) is 8.97. The van der Waals surface area contributed by atoms with Crippen molar-refractivity contribution >= 4 is 24.4 Å². The van der Waals surface area contributed by atoms with Crippen molar-refractivity contribution in [3.05, 3.63) is 78.4 Å². The molecule has 0 bridgehead atoms. The first-order chi connectivity index (χ1) is 15.0. The number of hydrogen-bond acceptors (Lipinski definition) is 6. The van der Waals surface area contributed by atoms with Crippen LogP contribution in [0.5, 0.6) is 11.5 Å². The minimum Gasteiger partial charge on any atom is -0.508 e. The van der Waals surface area contributed by atoms with E-state index in [1.165, 1.54) is 13.2 Å². The predicted octanol–water partition coefficient (Wildman–Crippen LogP) is 5.19. The zero-order chi connectivity index (χ0) is 21.8. The lowest BCUT2D eigenvalue weighted by Gasteiger charge is -2.07. The van der Waals surface area contributed by atoms with Gasteiger partial charge in [-0.15, -0.1) is 12.6 Å². The summed E-state index contributed by atoms with van der Waals surface area (Å²) in [6.07, 6.45) is -0.0333. The van der Waals surface area contributed by atoms with E-state index in [9.17, 15) is 9.90 Å². The van der Waals surface area contributed by atoms with E-state index in [2.05, 4.69) is 22.9 Å². The van der Waals surface area contributed by atoms with Gasteiger partial charge in [0.2, 0.25) is 17.7 Å². The molecule has 156 valence electrons. The number of phenolic OH excluding ortho intramolecular Hbond substituents is 1. The van der Waals surface area contributed by atoms with Crippen LogP contribution in [-0.4, -0.2) is 23.1 Å². The molecule has 0 aliphatic carbocycles. The third-order valence-electron chi connectivity index (χ3n) is 4.69. The van der Waals surface area contributed by atoms with E-state index in [0.29, 0.717) is 22.9 Å². The lowest BCUT2D eigenvalue weighted by molar-refractivity contribution is -0.115. The largest absolute Gasteiger partial charge is 0.508 e. The maximum atomic E-state index is 12.7. The Morgan fingerprint density at radius 3 is 2.48 bits per heavy atom. The number of phenols is 1. The standard InChI is InChI=1S/C24H20N2O4S/c1-29-18-10-7-17(20(27)14-18)13-21(28)25-24-22(15-5-3-2-4-6-15)26-23(30-24)16-8-11-19(31)12-9-16/h2-12,14,27,31H,13H2,1H3,(H,25,28). The quantitative estimate of drug-likeness (QED) is 0.365. The molecule has 0 fully saturated rings. The number of ether oxygens (including phenoxy) is 1. The van der Waals surface area contributed by atoms with Crippen LogP contribution < -0.4 is 10.1 Å². The maximum absolute atomic E-state index is 12.7. The van der Waals surface area contributed by atoms with E-state index in [-0.39, 0.29) is 24.0 Å². The summed E-state index contributed by atoms with van der Waals surface area (Å²) in [6, 6.07) is 21.7. The van der Waals surface area contributed by atoms with Gasteiger partial charge in [0.1, 0.15) is 17.2 Å². The molecule has 1 amide bonds. The number of methoxy groups -OCH3 is 1. The molecule has 0 spiro atoms. The van der Waals surface area contributed by atoms with Crippen LogP contribution in [0.25, 0.3) is 22.7 Å². The molecule has 0 atom stereocenters. The van der Waals surface area contributed by atoms with Crippen molar-refractivity contribution in [3.63, 3.8) is 0 Å².